The maximum atomic E-state index is 11.6. The molecule has 0 aromatic rings. The summed E-state index contributed by atoms with van der Waals surface area (Å²) in [5, 5.41) is 15.9. The minimum atomic E-state index is -0.495. The first-order valence-corrected chi connectivity index (χ1v) is 5.78. The van der Waals surface area contributed by atoms with Crippen LogP contribution in [0.25, 0.3) is 0 Å². The fourth-order valence-corrected chi connectivity index (χ4v) is 2.51. The van der Waals surface area contributed by atoms with Gasteiger partial charge in [-0.05, 0) is 33.1 Å². The van der Waals surface area contributed by atoms with Gasteiger partial charge in [0.2, 0.25) is 0 Å². The number of hydrogen-bond acceptors (Lipinski definition) is 4. The van der Waals surface area contributed by atoms with Gasteiger partial charge < -0.3 is 20.5 Å². The molecule has 4 atom stereocenters. The van der Waals surface area contributed by atoms with Crippen LogP contribution in [0.3, 0.4) is 0 Å². The molecule has 0 radical (unpaired) electrons. The second-order valence-electron chi connectivity index (χ2n) is 5.67. The summed E-state index contributed by atoms with van der Waals surface area (Å²) in [5.74, 6) is 0.326. The predicted octanol–water partition coefficient (Wildman–Crippen LogP) is 0.232. The number of piperidine rings is 1. The van der Waals surface area contributed by atoms with Crippen molar-refractivity contribution in [1.29, 1.82) is 0 Å². The maximum Gasteiger partial charge on any atom is 0.407 e. The number of ether oxygens (including phenoxy) is 1. The normalized spacial score (nSPS) is 37.5. The number of hydrogen-bond donors (Lipinski definition) is 3. The van der Waals surface area contributed by atoms with E-state index in [0.29, 0.717) is 5.92 Å². The lowest BCUT2D eigenvalue weighted by Gasteiger charge is -2.29. The molecule has 2 fully saturated rings. The Balaban J connectivity index is 1.88. The molecule has 2 rings (SSSR count). The molecule has 0 spiro atoms. The zero-order valence-corrected chi connectivity index (χ0v) is 9.99. The summed E-state index contributed by atoms with van der Waals surface area (Å²) in [6.45, 7) is 6.34. The Morgan fingerprint density at radius 2 is 2.19 bits per heavy atom. The van der Waals surface area contributed by atoms with Gasteiger partial charge in [0, 0.05) is 12.6 Å². The smallest absolute Gasteiger partial charge is 0.407 e. The lowest BCUT2D eigenvalue weighted by molar-refractivity contribution is 0.0377. The van der Waals surface area contributed by atoms with E-state index in [1.165, 1.54) is 0 Å². The third-order valence-electron chi connectivity index (χ3n) is 3.17. The van der Waals surface area contributed by atoms with Crippen LogP contribution < -0.4 is 10.6 Å². The van der Waals surface area contributed by atoms with Gasteiger partial charge in [-0.1, -0.05) is 0 Å². The van der Waals surface area contributed by atoms with E-state index in [2.05, 4.69) is 10.6 Å². The van der Waals surface area contributed by atoms with Crippen molar-refractivity contribution >= 4 is 6.09 Å². The number of nitrogens with one attached hydrogen (secondary N) is 2. The van der Waals surface area contributed by atoms with E-state index in [4.69, 9.17) is 4.74 Å². The van der Waals surface area contributed by atoms with Crippen LogP contribution >= 0.6 is 0 Å². The van der Waals surface area contributed by atoms with Gasteiger partial charge in [0.1, 0.15) is 5.60 Å². The Kier molecular flexibility index (Phi) is 2.84. The van der Waals surface area contributed by atoms with E-state index in [1.807, 2.05) is 20.8 Å². The predicted molar refractivity (Wildman–Crippen MR) is 59.1 cm³/mol. The third kappa shape index (κ3) is 2.30. The second kappa shape index (κ2) is 3.89. The van der Waals surface area contributed by atoms with Crippen LogP contribution in [-0.4, -0.2) is 41.5 Å². The fourth-order valence-electron chi connectivity index (χ4n) is 2.51. The van der Waals surface area contributed by atoms with Crippen molar-refractivity contribution in [2.45, 2.75) is 51.0 Å². The van der Waals surface area contributed by atoms with Crippen molar-refractivity contribution in [2.75, 3.05) is 6.54 Å². The molecule has 0 unspecified atom stereocenters. The highest BCUT2D eigenvalue weighted by Gasteiger charge is 2.47. The SMILES string of the molecule is CC(C)(C)OC(=O)N[C@H]1[C@H]2CN[C@@H](C2)[C@H]1O. The van der Waals surface area contributed by atoms with Gasteiger partial charge in [0.15, 0.2) is 0 Å². The fraction of sp³-hybridized carbons (Fsp3) is 0.909. The molecule has 1 saturated heterocycles. The summed E-state index contributed by atoms with van der Waals surface area (Å²) in [6.07, 6.45) is -0.00267. The highest BCUT2D eigenvalue weighted by atomic mass is 16.6. The lowest BCUT2D eigenvalue weighted by Crippen LogP contribution is -2.54. The van der Waals surface area contributed by atoms with Gasteiger partial charge in [-0.25, -0.2) is 4.79 Å². The molecule has 5 nitrogen and oxygen atoms in total. The molecule has 1 aliphatic carbocycles. The molecule has 3 N–H and O–H groups in total. The topological polar surface area (TPSA) is 70.6 Å². The largest absolute Gasteiger partial charge is 0.444 e. The number of carbonyl (C=O) groups excluding carboxylic acids is 1. The third-order valence-corrected chi connectivity index (χ3v) is 3.17. The Hall–Kier alpha value is -0.810. The molecule has 92 valence electrons. The summed E-state index contributed by atoms with van der Waals surface area (Å²) < 4.78 is 5.17. The summed E-state index contributed by atoms with van der Waals surface area (Å²) in [4.78, 5) is 11.6. The average molecular weight is 228 g/mol. The van der Waals surface area contributed by atoms with Gasteiger partial charge >= 0.3 is 6.09 Å². The highest BCUT2D eigenvalue weighted by Crippen LogP contribution is 2.31. The number of amides is 1. The first kappa shape index (κ1) is 11.7. The summed E-state index contributed by atoms with van der Waals surface area (Å²) in [6, 6.07) is -0.0361. The monoisotopic (exact) mass is 228 g/mol. The van der Waals surface area contributed by atoms with Crippen LogP contribution in [0.4, 0.5) is 4.79 Å². The quantitative estimate of drug-likeness (QED) is 0.601. The molecule has 1 aliphatic heterocycles. The summed E-state index contributed by atoms with van der Waals surface area (Å²) in [7, 11) is 0. The Labute approximate surface area is 95.5 Å². The molecule has 2 bridgehead atoms. The standard InChI is InChI=1S/C11H20N2O3/c1-11(2,3)16-10(15)13-8-6-4-7(9(8)14)12-5-6/h6-9,12,14H,4-5H2,1-3H3,(H,13,15)/t6-,7+,8+,9-/m1/s1. The van der Waals surface area contributed by atoms with Crippen LogP contribution in [-0.2, 0) is 4.74 Å². The number of carbonyl (C=O) groups is 1. The van der Waals surface area contributed by atoms with Crippen molar-refractivity contribution in [3.63, 3.8) is 0 Å². The first-order valence-electron chi connectivity index (χ1n) is 5.78. The zero-order chi connectivity index (χ0) is 11.9. The van der Waals surface area contributed by atoms with Crippen LogP contribution in [0, 0.1) is 5.92 Å². The van der Waals surface area contributed by atoms with Crippen LogP contribution in [0.15, 0.2) is 0 Å². The highest BCUT2D eigenvalue weighted by molar-refractivity contribution is 5.68. The summed E-state index contributed by atoms with van der Waals surface area (Å²) >= 11 is 0. The van der Waals surface area contributed by atoms with Gasteiger partial charge in [0.25, 0.3) is 0 Å². The van der Waals surface area contributed by atoms with Gasteiger partial charge in [-0.15, -0.1) is 0 Å². The first-order chi connectivity index (χ1) is 7.37. The molecule has 1 heterocycles. The van der Waals surface area contributed by atoms with E-state index in [1.54, 1.807) is 0 Å². The average Bonchev–Trinajstić information content (AvgIpc) is 2.66. The van der Waals surface area contributed by atoms with E-state index >= 15 is 0 Å². The number of aliphatic hydroxyl groups is 1. The van der Waals surface area contributed by atoms with Crippen molar-refractivity contribution in [3.8, 4) is 0 Å². The zero-order valence-electron chi connectivity index (χ0n) is 9.99. The molecular formula is C11H20N2O3. The number of rotatable bonds is 1. The second-order valence-corrected chi connectivity index (χ2v) is 5.67. The van der Waals surface area contributed by atoms with Crippen molar-refractivity contribution < 1.29 is 14.6 Å². The van der Waals surface area contributed by atoms with Crippen molar-refractivity contribution in [3.05, 3.63) is 0 Å². The van der Waals surface area contributed by atoms with Crippen LogP contribution in [0.1, 0.15) is 27.2 Å². The van der Waals surface area contributed by atoms with Gasteiger partial charge in [-0.2, -0.15) is 0 Å². The molecule has 1 saturated carbocycles. The number of fused-ring (bicyclic) bond motifs is 2. The molecule has 16 heavy (non-hydrogen) atoms. The Morgan fingerprint density at radius 1 is 1.50 bits per heavy atom. The van der Waals surface area contributed by atoms with Crippen LogP contribution in [0.2, 0.25) is 0 Å². The van der Waals surface area contributed by atoms with Crippen molar-refractivity contribution in [2.24, 2.45) is 5.92 Å². The Morgan fingerprint density at radius 3 is 2.69 bits per heavy atom. The molecule has 0 aromatic carbocycles. The molecule has 1 amide bonds. The number of aliphatic hydroxyl groups excluding tert-OH is 1. The Bertz CT molecular complexity index is 285. The molecule has 5 heteroatoms. The molecule has 2 aliphatic rings. The molecular weight excluding hydrogens is 208 g/mol. The van der Waals surface area contributed by atoms with E-state index < -0.39 is 17.8 Å². The van der Waals surface area contributed by atoms with Crippen molar-refractivity contribution in [1.82, 2.24) is 10.6 Å². The summed E-state index contributed by atoms with van der Waals surface area (Å²) in [5.41, 5.74) is -0.495. The van der Waals surface area contributed by atoms with Gasteiger partial charge in [-0.3, -0.25) is 0 Å². The molecule has 0 aromatic heterocycles. The lowest BCUT2D eigenvalue weighted by atomic mass is 10.0. The minimum absolute atomic E-state index is 0.130. The minimum Gasteiger partial charge on any atom is -0.444 e. The van der Waals surface area contributed by atoms with E-state index in [9.17, 15) is 9.90 Å². The van der Waals surface area contributed by atoms with E-state index in [-0.39, 0.29) is 12.1 Å². The van der Waals surface area contributed by atoms with E-state index in [0.717, 1.165) is 13.0 Å². The van der Waals surface area contributed by atoms with Gasteiger partial charge in [0.05, 0.1) is 12.1 Å². The van der Waals surface area contributed by atoms with Crippen LogP contribution in [0.5, 0.6) is 0 Å². The number of alkyl carbamates (subject to hydrolysis) is 1. The maximum absolute atomic E-state index is 11.6.